The predicted molar refractivity (Wildman–Crippen MR) is 95.0 cm³/mol. The van der Waals surface area contributed by atoms with Gasteiger partial charge in [-0.25, -0.2) is 9.78 Å². The second kappa shape index (κ2) is 6.43. The quantitative estimate of drug-likeness (QED) is 0.905. The Hall–Kier alpha value is -2.08. The SMILES string of the molecule is Cc1nc2ccccn2c1CNC(=O)NCC1CCN1C(C)(C)C. The Morgan fingerprint density at radius 3 is 2.79 bits per heavy atom. The number of aromatic nitrogens is 2. The van der Waals surface area contributed by atoms with Gasteiger partial charge in [0.05, 0.1) is 17.9 Å². The lowest BCUT2D eigenvalue weighted by molar-refractivity contribution is 0.00381. The molecular weight excluding hydrogens is 302 g/mol. The molecule has 130 valence electrons. The largest absolute Gasteiger partial charge is 0.337 e. The number of imidazole rings is 1. The van der Waals surface area contributed by atoms with Gasteiger partial charge in [0.2, 0.25) is 0 Å². The van der Waals surface area contributed by atoms with E-state index in [2.05, 4.69) is 41.3 Å². The van der Waals surface area contributed by atoms with Crippen molar-refractivity contribution < 1.29 is 4.79 Å². The zero-order valence-corrected chi connectivity index (χ0v) is 15.0. The number of hydrogen-bond acceptors (Lipinski definition) is 3. The van der Waals surface area contributed by atoms with Crippen molar-refractivity contribution in [3.63, 3.8) is 0 Å². The van der Waals surface area contributed by atoms with Crippen LogP contribution in [0.1, 0.15) is 38.6 Å². The van der Waals surface area contributed by atoms with Gasteiger partial charge in [-0.1, -0.05) is 6.07 Å². The summed E-state index contributed by atoms with van der Waals surface area (Å²) in [6.07, 6.45) is 3.11. The Labute approximate surface area is 143 Å². The second-order valence-corrected chi connectivity index (χ2v) is 7.44. The number of fused-ring (bicyclic) bond motifs is 1. The Morgan fingerprint density at radius 2 is 2.12 bits per heavy atom. The molecule has 0 aliphatic carbocycles. The van der Waals surface area contributed by atoms with Gasteiger partial charge in [-0.2, -0.15) is 0 Å². The zero-order chi connectivity index (χ0) is 17.3. The molecule has 0 aromatic carbocycles. The van der Waals surface area contributed by atoms with Gasteiger partial charge in [-0.05, 0) is 46.2 Å². The topological polar surface area (TPSA) is 61.7 Å². The van der Waals surface area contributed by atoms with Crippen LogP contribution in [0.15, 0.2) is 24.4 Å². The minimum absolute atomic E-state index is 0.124. The van der Waals surface area contributed by atoms with E-state index in [-0.39, 0.29) is 11.6 Å². The number of aryl methyl sites for hydroxylation is 1. The van der Waals surface area contributed by atoms with Crippen LogP contribution in [0.4, 0.5) is 4.79 Å². The molecule has 1 fully saturated rings. The van der Waals surface area contributed by atoms with Gasteiger partial charge in [0.1, 0.15) is 5.65 Å². The Balaban J connectivity index is 1.52. The van der Waals surface area contributed by atoms with Crippen LogP contribution in [0.3, 0.4) is 0 Å². The van der Waals surface area contributed by atoms with E-state index in [1.165, 1.54) is 0 Å². The highest BCUT2D eigenvalue weighted by Crippen LogP contribution is 2.26. The number of urea groups is 1. The van der Waals surface area contributed by atoms with Crippen LogP contribution in [0, 0.1) is 6.92 Å². The number of nitrogens with one attached hydrogen (secondary N) is 2. The van der Waals surface area contributed by atoms with Gasteiger partial charge in [0, 0.05) is 30.9 Å². The summed E-state index contributed by atoms with van der Waals surface area (Å²) >= 11 is 0. The van der Waals surface area contributed by atoms with E-state index >= 15 is 0 Å². The lowest BCUT2D eigenvalue weighted by Gasteiger charge is -2.49. The Bertz CT molecular complexity index is 731. The summed E-state index contributed by atoms with van der Waals surface area (Å²) in [5, 5.41) is 5.94. The summed E-state index contributed by atoms with van der Waals surface area (Å²) < 4.78 is 2.02. The Kier molecular flexibility index (Phi) is 4.49. The molecule has 1 aliphatic rings. The predicted octanol–water partition coefficient (Wildman–Crippen LogP) is 2.31. The fourth-order valence-corrected chi connectivity index (χ4v) is 3.35. The molecule has 0 bridgehead atoms. The second-order valence-electron chi connectivity index (χ2n) is 7.44. The Morgan fingerprint density at radius 1 is 1.33 bits per heavy atom. The van der Waals surface area contributed by atoms with E-state index in [1.807, 2.05) is 35.7 Å². The van der Waals surface area contributed by atoms with Gasteiger partial charge in [0.25, 0.3) is 0 Å². The molecule has 6 nitrogen and oxygen atoms in total. The van der Waals surface area contributed by atoms with Crippen LogP contribution in [-0.4, -0.2) is 45.0 Å². The molecule has 24 heavy (non-hydrogen) atoms. The van der Waals surface area contributed by atoms with Gasteiger partial charge >= 0.3 is 6.03 Å². The number of carbonyl (C=O) groups is 1. The third-order valence-electron chi connectivity index (χ3n) is 4.75. The van der Waals surface area contributed by atoms with Crippen molar-refractivity contribution in [2.75, 3.05) is 13.1 Å². The maximum Gasteiger partial charge on any atom is 0.315 e. The number of hydrogen-bond donors (Lipinski definition) is 2. The van der Waals surface area contributed by atoms with Gasteiger partial charge < -0.3 is 15.0 Å². The highest BCUT2D eigenvalue weighted by atomic mass is 16.2. The fraction of sp³-hybridized carbons (Fsp3) is 0.556. The van der Waals surface area contributed by atoms with E-state index in [4.69, 9.17) is 0 Å². The summed E-state index contributed by atoms with van der Waals surface area (Å²) in [5.74, 6) is 0. The fourth-order valence-electron chi connectivity index (χ4n) is 3.35. The third-order valence-corrected chi connectivity index (χ3v) is 4.75. The van der Waals surface area contributed by atoms with Crippen LogP contribution in [0.2, 0.25) is 0 Å². The number of rotatable bonds is 4. The molecule has 0 saturated carbocycles. The number of amides is 2. The monoisotopic (exact) mass is 329 g/mol. The van der Waals surface area contributed by atoms with E-state index in [9.17, 15) is 4.79 Å². The minimum Gasteiger partial charge on any atom is -0.337 e. The van der Waals surface area contributed by atoms with E-state index < -0.39 is 0 Å². The van der Waals surface area contributed by atoms with Crippen molar-refractivity contribution in [2.24, 2.45) is 0 Å². The van der Waals surface area contributed by atoms with Crippen molar-refractivity contribution >= 4 is 11.7 Å². The molecular formula is C18H27N5O. The van der Waals surface area contributed by atoms with Crippen molar-refractivity contribution in [3.05, 3.63) is 35.8 Å². The first kappa shape index (κ1) is 16.8. The van der Waals surface area contributed by atoms with Crippen molar-refractivity contribution in [2.45, 2.75) is 52.2 Å². The standard InChI is InChI=1S/C18H27N5O/c1-13-15(22-9-6-5-7-16(22)21-13)12-20-17(24)19-11-14-8-10-23(14)18(2,3)4/h5-7,9,14H,8,10-12H2,1-4H3,(H2,19,20,24). The summed E-state index contributed by atoms with van der Waals surface area (Å²) in [5.41, 5.74) is 3.02. The molecule has 1 aliphatic heterocycles. The first-order valence-corrected chi connectivity index (χ1v) is 8.57. The molecule has 0 radical (unpaired) electrons. The van der Waals surface area contributed by atoms with E-state index in [1.54, 1.807) is 0 Å². The van der Waals surface area contributed by atoms with Crippen LogP contribution >= 0.6 is 0 Å². The van der Waals surface area contributed by atoms with Crippen molar-refractivity contribution in [1.29, 1.82) is 0 Å². The van der Waals surface area contributed by atoms with Gasteiger partial charge in [0.15, 0.2) is 0 Å². The molecule has 1 atom stereocenters. The molecule has 3 rings (SSSR count). The molecule has 3 heterocycles. The number of carbonyl (C=O) groups excluding carboxylic acids is 1. The number of likely N-dealkylation sites (tertiary alicyclic amines) is 1. The molecule has 2 N–H and O–H groups in total. The van der Waals surface area contributed by atoms with E-state index in [0.29, 0.717) is 19.1 Å². The smallest absolute Gasteiger partial charge is 0.315 e. The molecule has 2 amide bonds. The van der Waals surface area contributed by atoms with Crippen LogP contribution in [0.25, 0.3) is 5.65 Å². The lowest BCUT2D eigenvalue weighted by Crippen LogP contribution is -2.61. The van der Waals surface area contributed by atoms with Crippen molar-refractivity contribution in [3.8, 4) is 0 Å². The van der Waals surface area contributed by atoms with Crippen molar-refractivity contribution in [1.82, 2.24) is 24.9 Å². The average Bonchev–Trinajstić information content (AvgIpc) is 2.77. The number of nitrogens with zero attached hydrogens (tertiary/aromatic N) is 3. The maximum atomic E-state index is 12.1. The maximum absolute atomic E-state index is 12.1. The number of pyridine rings is 1. The summed E-state index contributed by atoms with van der Waals surface area (Å²) in [6, 6.07) is 6.21. The van der Waals surface area contributed by atoms with Gasteiger partial charge in [-0.15, -0.1) is 0 Å². The van der Waals surface area contributed by atoms with Crippen LogP contribution in [0.5, 0.6) is 0 Å². The lowest BCUT2D eigenvalue weighted by atomic mass is 9.93. The normalized spacial score (nSPS) is 18.4. The third kappa shape index (κ3) is 3.38. The molecule has 0 spiro atoms. The molecule has 6 heteroatoms. The zero-order valence-electron chi connectivity index (χ0n) is 15.0. The van der Waals surface area contributed by atoms with E-state index in [0.717, 1.165) is 30.0 Å². The molecule has 1 unspecified atom stereocenters. The first-order chi connectivity index (χ1) is 11.4. The summed E-state index contributed by atoms with van der Waals surface area (Å²) in [4.78, 5) is 19.1. The summed E-state index contributed by atoms with van der Waals surface area (Å²) in [7, 11) is 0. The highest BCUT2D eigenvalue weighted by Gasteiger charge is 2.35. The van der Waals surface area contributed by atoms with Gasteiger partial charge in [-0.3, -0.25) is 4.90 Å². The minimum atomic E-state index is -0.124. The molecule has 2 aromatic rings. The first-order valence-electron chi connectivity index (χ1n) is 8.57. The summed E-state index contributed by atoms with van der Waals surface area (Å²) in [6.45, 7) is 10.9. The van der Waals surface area contributed by atoms with Crippen LogP contribution < -0.4 is 10.6 Å². The highest BCUT2D eigenvalue weighted by molar-refractivity contribution is 5.73. The van der Waals surface area contributed by atoms with Crippen LogP contribution in [-0.2, 0) is 6.54 Å². The molecule has 1 saturated heterocycles. The molecule has 2 aromatic heterocycles. The average molecular weight is 329 g/mol.